The number of rotatable bonds is 5. The Kier molecular flexibility index (Phi) is 4.52. The first-order valence-electron chi connectivity index (χ1n) is 7.57. The number of nitrogens with zero attached hydrogens (tertiary/aromatic N) is 3. The summed E-state index contributed by atoms with van der Waals surface area (Å²) in [5.74, 6) is 0.301. The summed E-state index contributed by atoms with van der Waals surface area (Å²) in [6.45, 7) is 3.23. The fourth-order valence-corrected chi connectivity index (χ4v) is 2.55. The molecule has 4 heteroatoms. The van der Waals surface area contributed by atoms with E-state index in [-0.39, 0.29) is 0 Å². The van der Waals surface area contributed by atoms with Gasteiger partial charge in [0.1, 0.15) is 5.75 Å². The van der Waals surface area contributed by atoms with Gasteiger partial charge in [0.2, 0.25) is 0 Å². The minimum absolute atomic E-state index is 0.301. The van der Waals surface area contributed by atoms with Crippen molar-refractivity contribution >= 4 is 5.69 Å². The molecule has 116 valence electrons. The van der Waals surface area contributed by atoms with Crippen LogP contribution in [0, 0.1) is 6.92 Å². The summed E-state index contributed by atoms with van der Waals surface area (Å²) in [6.07, 6.45) is 3.59. The monoisotopic (exact) mass is 305 g/mol. The van der Waals surface area contributed by atoms with Gasteiger partial charge in [-0.2, -0.15) is 0 Å². The molecule has 0 spiro atoms. The number of aromatic nitrogens is 2. The normalized spacial score (nSPS) is 10.5. The third-order valence-corrected chi connectivity index (χ3v) is 3.78. The van der Waals surface area contributed by atoms with E-state index in [2.05, 4.69) is 14.9 Å². The molecule has 3 aromatic rings. The van der Waals surface area contributed by atoms with Gasteiger partial charge in [-0.3, -0.25) is 9.97 Å². The number of aromatic hydroxyl groups is 1. The maximum atomic E-state index is 10.0. The van der Waals surface area contributed by atoms with E-state index in [0.29, 0.717) is 18.8 Å². The molecule has 0 saturated heterocycles. The maximum Gasteiger partial charge on any atom is 0.120 e. The Hall–Kier alpha value is -2.88. The minimum Gasteiger partial charge on any atom is -0.508 e. The topological polar surface area (TPSA) is 49.2 Å². The standard InChI is InChI=1S/C19H19N3O/c1-15-18(9-6-10-19(15)23)22(13-16-7-2-4-11-20-16)14-17-8-3-5-12-21-17/h2-12,23H,13-14H2,1H3. The molecule has 2 heterocycles. The van der Waals surface area contributed by atoms with Crippen LogP contribution in [0.25, 0.3) is 0 Å². The van der Waals surface area contributed by atoms with Gasteiger partial charge in [-0.15, -0.1) is 0 Å². The van der Waals surface area contributed by atoms with Crippen molar-refractivity contribution in [1.29, 1.82) is 0 Å². The minimum atomic E-state index is 0.301. The van der Waals surface area contributed by atoms with Crippen LogP contribution in [0.5, 0.6) is 5.75 Å². The number of phenols is 1. The van der Waals surface area contributed by atoms with E-state index in [1.807, 2.05) is 55.5 Å². The predicted molar refractivity (Wildman–Crippen MR) is 91.2 cm³/mol. The highest BCUT2D eigenvalue weighted by molar-refractivity contribution is 5.58. The Morgan fingerprint density at radius 3 is 1.96 bits per heavy atom. The van der Waals surface area contributed by atoms with E-state index < -0.39 is 0 Å². The van der Waals surface area contributed by atoms with Crippen molar-refractivity contribution in [3.63, 3.8) is 0 Å². The van der Waals surface area contributed by atoms with Gasteiger partial charge in [0.25, 0.3) is 0 Å². The lowest BCUT2D eigenvalue weighted by Gasteiger charge is -2.26. The van der Waals surface area contributed by atoms with E-state index in [4.69, 9.17) is 0 Å². The van der Waals surface area contributed by atoms with Crippen molar-refractivity contribution in [2.45, 2.75) is 20.0 Å². The average molecular weight is 305 g/mol. The van der Waals surface area contributed by atoms with Gasteiger partial charge >= 0.3 is 0 Å². The Balaban J connectivity index is 1.94. The largest absolute Gasteiger partial charge is 0.508 e. The van der Waals surface area contributed by atoms with E-state index in [9.17, 15) is 5.11 Å². The van der Waals surface area contributed by atoms with Crippen LogP contribution in [0.1, 0.15) is 17.0 Å². The summed E-state index contributed by atoms with van der Waals surface area (Å²) in [5.41, 5.74) is 3.80. The smallest absolute Gasteiger partial charge is 0.120 e. The number of hydrogen-bond acceptors (Lipinski definition) is 4. The molecule has 0 atom stereocenters. The van der Waals surface area contributed by atoms with Gasteiger partial charge in [-0.1, -0.05) is 18.2 Å². The lowest BCUT2D eigenvalue weighted by molar-refractivity contribution is 0.471. The van der Waals surface area contributed by atoms with Crippen molar-refractivity contribution in [3.05, 3.63) is 83.9 Å². The molecule has 0 unspecified atom stereocenters. The summed E-state index contributed by atoms with van der Waals surface area (Å²) >= 11 is 0. The molecule has 0 aliphatic rings. The molecular weight excluding hydrogens is 286 g/mol. The first kappa shape index (κ1) is 15.0. The van der Waals surface area contributed by atoms with Crippen molar-refractivity contribution in [1.82, 2.24) is 9.97 Å². The maximum absolute atomic E-state index is 10.0. The molecule has 0 aliphatic carbocycles. The number of pyridine rings is 2. The molecule has 0 saturated carbocycles. The molecule has 0 bridgehead atoms. The summed E-state index contributed by atoms with van der Waals surface area (Å²) in [7, 11) is 0. The van der Waals surface area contributed by atoms with Crippen molar-refractivity contribution in [3.8, 4) is 5.75 Å². The van der Waals surface area contributed by atoms with Crippen LogP contribution in [-0.4, -0.2) is 15.1 Å². The Labute approximate surface area is 136 Å². The number of phenolic OH excluding ortho intramolecular Hbond substituents is 1. The summed E-state index contributed by atoms with van der Waals surface area (Å²) in [5, 5.41) is 10.0. The lowest BCUT2D eigenvalue weighted by Crippen LogP contribution is -2.24. The Morgan fingerprint density at radius 2 is 1.43 bits per heavy atom. The van der Waals surface area contributed by atoms with Gasteiger partial charge in [0, 0.05) is 23.6 Å². The van der Waals surface area contributed by atoms with Gasteiger partial charge in [0.05, 0.1) is 24.5 Å². The molecular formula is C19H19N3O. The highest BCUT2D eigenvalue weighted by Gasteiger charge is 2.13. The number of benzene rings is 1. The molecule has 0 aliphatic heterocycles. The van der Waals surface area contributed by atoms with Crippen LogP contribution in [0.2, 0.25) is 0 Å². The van der Waals surface area contributed by atoms with Crippen LogP contribution in [0.3, 0.4) is 0 Å². The zero-order valence-electron chi connectivity index (χ0n) is 13.1. The van der Waals surface area contributed by atoms with Gasteiger partial charge < -0.3 is 10.0 Å². The van der Waals surface area contributed by atoms with Gasteiger partial charge in [0.15, 0.2) is 0 Å². The quantitative estimate of drug-likeness (QED) is 0.781. The van der Waals surface area contributed by atoms with Crippen LogP contribution >= 0.6 is 0 Å². The highest BCUT2D eigenvalue weighted by Crippen LogP contribution is 2.29. The van der Waals surface area contributed by atoms with E-state index in [1.165, 1.54) is 0 Å². The molecule has 1 aromatic carbocycles. The van der Waals surface area contributed by atoms with Crippen LogP contribution < -0.4 is 4.90 Å². The lowest BCUT2D eigenvalue weighted by atomic mass is 10.1. The average Bonchev–Trinajstić information content (AvgIpc) is 2.59. The van der Waals surface area contributed by atoms with Gasteiger partial charge in [-0.05, 0) is 43.3 Å². The van der Waals surface area contributed by atoms with E-state index in [0.717, 1.165) is 22.6 Å². The molecule has 23 heavy (non-hydrogen) atoms. The fraction of sp³-hybridized carbons (Fsp3) is 0.158. The molecule has 1 N–H and O–H groups in total. The van der Waals surface area contributed by atoms with Crippen molar-refractivity contribution in [2.75, 3.05) is 4.90 Å². The summed E-state index contributed by atoms with van der Waals surface area (Å²) in [6, 6.07) is 17.4. The molecule has 0 fully saturated rings. The molecule has 4 nitrogen and oxygen atoms in total. The second kappa shape index (κ2) is 6.92. The van der Waals surface area contributed by atoms with Crippen LogP contribution in [-0.2, 0) is 13.1 Å². The first-order valence-corrected chi connectivity index (χ1v) is 7.57. The molecule has 2 aromatic heterocycles. The summed E-state index contributed by atoms with van der Waals surface area (Å²) < 4.78 is 0. The zero-order valence-corrected chi connectivity index (χ0v) is 13.1. The Bertz CT molecular complexity index is 719. The molecule has 0 radical (unpaired) electrons. The van der Waals surface area contributed by atoms with Crippen molar-refractivity contribution in [2.24, 2.45) is 0 Å². The van der Waals surface area contributed by atoms with E-state index >= 15 is 0 Å². The first-order chi connectivity index (χ1) is 11.2. The van der Waals surface area contributed by atoms with E-state index in [1.54, 1.807) is 18.5 Å². The molecule has 3 rings (SSSR count). The highest BCUT2D eigenvalue weighted by atomic mass is 16.3. The van der Waals surface area contributed by atoms with Crippen LogP contribution in [0.4, 0.5) is 5.69 Å². The molecule has 0 amide bonds. The van der Waals surface area contributed by atoms with Crippen molar-refractivity contribution < 1.29 is 5.11 Å². The fourth-order valence-electron chi connectivity index (χ4n) is 2.55. The third-order valence-electron chi connectivity index (χ3n) is 3.78. The Morgan fingerprint density at radius 1 is 0.826 bits per heavy atom. The zero-order chi connectivity index (χ0) is 16.1. The van der Waals surface area contributed by atoms with Gasteiger partial charge in [-0.25, -0.2) is 0 Å². The third kappa shape index (κ3) is 3.66. The summed E-state index contributed by atoms with van der Waals surface area (Å²) in [4.78, 5) is 11.0. The number of hydrogen-bond donors (Lipinski definition) is 1. The number of anilines is 1. The SMILES string of the molecule is Cc1c(O)cccc1N(Cc1ccccn1)Cc1ccccn1. The second-order valence-electron chi connectivity index (χ2n) is 5.42. The predicted octanol–water partition coefficient (Wildman–Crippen LogP) is 3.70. The second-order valence-corrected chi connectivity index (χ2v) is 5.42. The van der Waals surface area contributed by atoms with Crippen LogP contribution in [0.15, 0.2) is 67.0 Å².